The van der Waals surface area contributed by atoms with E-state index in [0.717, 1.165) is 0 Å². The number of hydrogen-bond donors (Lipinski definition) is 3. The van der Waals surface area contributed by atoms with E-state index >= 15 is 0 Å². The van der Waals surface area contributed by atoms with Crippen molar-refractivity contribution in [2.45, 2.75) is 56.9 Å². The van der Waals surface area contributed by atoms with Crippen LogP contribution in [0.3, 0.4) is 0 Å². The Morgan fingerprint density at radius 1 is 0.946 bits per heavy atom. The van der Waals surface area contributed by atoms with Crippen LogP contribution in [0.2, 0.25) is 0 Å². The molecule has 3 aromatic carbocycles. The van der Waals surface area contributed by atoms with Gasteiger partial charge in [0.25, 0.3) is 11.4 Å². The van der Waals surface area contributed by atoms with E-state index in [2.05, 4.69) is 5.32 Å². The average molecular weight is 790 g/mol. The molecule has 0 spiro atoms. The van der Waals surface area contributed by atoms with Gasteiger partial charge in [0.15, 0.2) is 0 Å². The Bertz CT molecular complexity index is 2120. The van der Waals surface area contributed by atoms with E-state index in [4.69, 9.17) is 9.47 Å². The van der Waals surface area contributed by atoms with E-state index in [1.807, 2.05) is 0 Å². The summed E-state index contributed by atoms with van der Waals surface area (Å²) in [5, 5.41) is 44.1. The number of rotatable bonds is 13. The summed E-state index contributed by atoms with van der Waals surface area (Å²) >= 11 is 1.18. The molecule has 6 atom stereocenters. The molecule has 6 rings (SSSR count). The number of nitrogens with zero attached hydrogens (tertiary/aromatic N) is 4. The molecule has 3 aliphatic heterocycles. The van der Waals surface area contributed by atoms with E-state index in [1.165, 1.54) is 101 Å². The normalized spacial score (nSPS) is 21.8. The third kappa shape index (κ3) is 8.03. The molecule has 0 bridgehead atoms. The van der Waals surface area contributed by atoms with E-state index in [0.29, 0.717) is 16.0 Å². The number of amides is 3. The van der Waals surface area contributed by atoms with Crippen LogP contribution in [0.25, 0.3) is 0 Å². The molecule has 2 fully saturated rings. The third-order valence-corrected chi connectivity index (χ3v) is 11.3. The highest BCUT2D eigenvalue weighted by Crippen LogP contribution is 2.52. The summed E-state index contributed by atoms with van der Waals surface area (Å²) in [5.74, 6) is -4.44. The maximum atomic E-state index is 13.8. The van der Waals surface area contributed by atoms with Gasteiger partial charge in [-0.15, -0.1) is 11.8 Å². The second-order valence-corrected chi connectivity index (χ2v) is 14.8. The molecule has 56 heavy (non-hydrogen) atoms. The molecule has 0 aliphatic carbocycles. The van der Waals surface area contributed by atoms with Crippen molar-refractivity contribution < 1.29 is 53.5 Å². The van der Waals surface area contributed by atoms with E-state index in [-0.39, 0.29) is 54.5 Å². The van der Waals surface area contributed by atoms with E-state index in [1.54, 1.807) is 6.92 Å². The zero-order chi connectivity index (χ0) is 40.4. The van der Waals surface area contributed by atoms with E-state index in [9.17, 15) is 54.4 Å². The second kappa shape index (κ2) is 16.2. The van der Waals surface area contributed by atoms with Crippen LogP contribution in [0, 0.1) is 32.1 Å². The van der Waals surface area contributed by atoms with Gasteiger partial charge in [0.2, 0.25) is 11.8 Å². The van der Waals surface area contributed by atoms with Crippen molar-refractivity contribution in [3.63, 3.8) is 0 Å². The van der Waals surface area contributed by atoms with Gasteiger partial charge in [-0.3, -0.25) is 34.7 Å². The monoisotopic (exact) mass is 789 g/mol. The summed E-state index contributed by atoms with van der Waals surface area (Å²) in [6.45, 7) is 2.69. The minimum Gasteiger partial charge on any atom is -0.478 e. The summed E-state index contributed by atoms with van der Waals surface area (Å²) in [6.07, 6.45) is -1.86. The number of hydrogen-bond acceptors (Lipinski definition) is 13. The van der Waals surface area contributed by atoms with Crippen LogP contribution in [0.15, 0.2) is 83.4 Å². The number of nitro groups is 2. The SMILES string of the molecule is C[C@H]1C(S[C@H]2C[C@@H](C(=O)Nc3cccc(C(=O)O)c3)N(C(=O)OCc3ccc([N+](=O)[O-])cc3)C2)=C(C(=O)OCc2ccc([N+](=O)[O-])cc2)N2C(=O)[C@H]([C@@H](C)O)C12. The first-order valence-corrected chi connectivity index (χ1v) is 18.2. The molecule has 0 aromatic heterocycles. The molecule has 3 heterocycles. The largest absolute Gasteiger partial charge is 0.478 e. The number of non-ortho nitro benzene ring substituents is 2. The number of carboxylic acids is 1. The van der Waals surface area contributed by atoms with Crippen molar-refractivity contribution in [3.8, 4) is 0 Å². The highest BCUT2D eigenvalue weighted by molar-refractivity contribution is 8.03. The summed E-state index contributed by atoms with van der Waals surface area (Å²) in [6, 6.07) is 14.6. The number of aromatic carboxylic acids is 1. The van der Waals surface area contributed by atoms with Crippen molar-refractivity contribution in [1.82, 2.24) is 9.80 Å². The number of carbonyl (C=O) groups excluding carboxylic acids is 4. The fraction of sp³-hybridized carbons (Fsp3) is 0.324. The first-order chi connectivity index (χ1) is 26.6. The Balaban J connectivity index is 1.25. The number of anilines is 1. The number of fused-ring (bicyclic) bond motifs is 1. The van der Waals surface area contributed by atoms with Crippen LogP contribution in [0.1, 0.15) is 41.8 Å². The first kappa shape index (κ1) is 39.4. The Kier molecular flexibility index (Phi) is 11.4. The Labute approximate surface area is 322 Å². The van der Waals surface area contributed by atoms with Crippen molar-refractivity contribution in [2.75, 3.05) is 11.9 Å². The Hall–Kier alpha value is -6.34. The molecule has 3 amide bonds. The van der Waals surface area contributed by atoms with Gasteiger partial charge in [-0.05, 0) is 66.9 Å². The third-order valence-electron chi connectivity index (χ3n) is 9.80. The summed E-state index contributed by atoms with van der Waals surface area (Å²) in [5.41, 5.74) is 0.658. The number of β-lactam (4-membered cyclic amide) rings is 1. The first-order valence-electron chi connectivity index (χ1n) is 17.3. The predicted molar refractivity (Wildman–Crippen MR) is 197 cm³/mol. The highest BCUT2D eigenvalue weighted by Gasteiger charge is 2.60. The molecule has 0 radical (unpaired) electrons. The zero-order valence-electron chi connectivity index (χ0n) is 29.8. The van der Waals surface area contributed by atoms with Gasteiger partial charge in [-0.2, -0.15) is 0 Å². The number of thioether (sulfide) groups is 1. The molecular weight excluding hydrogens is 754 g/mol. The Morgan fingerprint density at radius 3 is 2.09 bits per heavy atom. The maximum Gasteiger partial charge on any atom is 0.410 e. The van der Waals surface area contributed by atoms with Crippen LogP contribution in [-0.4, -0.2) is 89.7 Å². The number of esters is 1. The molecule has 2 saturated heterocycles. The van der Waals surface area contributed by atoms with Gasteiger partial charge in [-0.1, -0.05) is 13.0 Å². The Morgan fingerprint density at radius 2 is 1.54 bits per heavy atom. The van der Waals surface area contributed by atoms with Gasteiger partial charge in [0.05, 0.1) is 33.5 Å². The smallest absolute Gasteiger partial charge is 0.410 e. The van der Waals surface area contributed by atoms with Gasteiger partial charge in [0, 0.05) is 52.6 Å². The molecule has 3 N–H and O–H groups in total. The van der Waals surface area contributed by atoms with Crippen molar-refractivity contribution in [2.24, 2.45) is 11.8 Å². The maximum absolute atomic E-state index is 13.8. The molecule has 3 aromatic rings. The van der Waals surface area contributed by atoms with Gasteiger partial charge in [-0.25, -0.2) is 14.4 Å². The van der Waals surface area contributed by atoms with Crippen LogP contribution >= 0.6 is 11.8 Å². The lowest BCUT2D eigenvalue weighted by molar-refractivity contribution is -0.385. The number of aliphatic hydroxyl groups excluding tert-OH is 1. The van der Waals surface area contributed by atoms with Crippen molar-refractivity contribution >= 4 is 58.7 Å². The highest BCUT2D eigenvalue weighted by atomic mass is 32.2. The lowest BCUT2D eigenvalue weighted by Gasteiger charge is -2.46. The number of aliphatic hydroxyl groups is 1. The minimum atomic E-state index is -1.21. The molecular formula is C37H35N5O13S. The van der Waals surface area contributed by atoms with Gasteiger partial charge >= 0.3 is 18.0 Å². The van der Waals surface area contributed by atoms with Gasteiger partial charge < -0.3 is 29.9 Å². The fourth-order valence-corrected chi connectivity index (χ4v) is 8.53. The lowest BCUT2D eigenvalue weighted by atomic mass is 9.79. The number of likely N-dealkylation sites (tertiary alicyclic amines) is 1. The van der Waals surface area contributed by atoms with E-state index < -0.39 is 75.0 Å². The zero-order valence-corrected chi connectivity index (χ0v) is 30.6. The van der Waals surface area contributed by atoms with Crippen molar-refractivity contribution in [1.29, 1.82) is 0 Å². The van der Waals surface area contributed by atoms with Crippen molar-refractivity contribution in [3.05, 3.63) is 120 Å². The minimum absolute atomic E-state index is 0.0398. The quantitative estimate of drug-likeness (QED) is 0.0936. The molecule has 19 heteroatoms. The average Bonchev–Trinajstić information content (AvgIpc) is 3.70. The van der Waals surface area contributed by atoms with Crippen LogP contribution in [-0.2, 0) is 37.1 Å². The summed E-state index contributed by atoms with van der Waals surface area (Å²) in [4.78, 5) is 89.9. The number of benzene rings is 3. The van der Waals surface area contributed by atoms with Crippen LogP contribution < -0.4 is 5.32 Å². The molecule has 292 valence electrons. The number of carboxylic acid groups (broad SMARTS) is 1. The topological polar surface area (TPSA) is 249 Å². The van der Waals surface area contributed by atoms with Crippen LogP contribution in [0.4, 0.5) is 21.9 Å². The molecule has 18 nitrogen and oxygen atoms in total. The second-order valence-electron chi connectivity index (χ2n) is 13.5. The van der Waals surface area contributed by atoms with Crippen LogP contribution in [0.5, 0.6) is 0 Å². The van der Waals surface area contributed by atoms with Gasteiger partial charge in [0.1, 0.15) is 25.0 Å². The fourth-order valence-electron chi connectivity index (χ4n) is 7.01. The molecule has 3 aliphatic rings. The standard InChI is InChI=1S/C37H35N5O13S/c1-19-30-29(20(2)43)34(45)40(30)31(36(48)54-17-21-6-10-25(11-7-21)41(50)51)32(19)56-27-15-28(33(44)38-24-5-3-4-23(14-24)35(46)47)39(16-27)37(49)55-18-22-8-12-26(13-9-22)42(52)53/h3-14,19-20,27-30,43H,15-18H2,1-2H3,(H,38,44)(H,46,47)/t19-,20-,27+,28+,29-,30?/m1/s1. The number of nitrogens with one attached hydrogen (secondary N) is 1. The number of nitro benzene ring substituents is 2. The summed E-state index contributed by atoms with van der Waals surface area (Å²) < 4.78 is 11.1. The lowest BCUT2D eigenvalue weighted by Crippen LogP contribution is -2.63. The molecule has 1 unspecified atom stereocenters. The predicted octanol–water partition coefficient (Wildman–Crippen LogP) is 4.47. The summed E-state index contributed by atoms with van der Waals surface area (Å²) in [7, 11) is 0. The molecule has 0 saturated carbocycles. The number of carbonyl (C=O) groups is 5. The number of ether oxygens (including phenoxy) is 2.